The van der Waals surface area contributed by atoms with Crippen molar-refractivity contribution in [2.45, 2.75) is 24.9 Å². The van der Waals surface area contributed by atoms with E-state index in [9.17, 15) is 4.79 Å². The zero-order valence-electron chi connectivity index (χ0n) is 16.2. The molecule has 30 heavy (non-hydrogen) atoms. The van der Waals surface area contributed by atoms with Crippen LogP contribution in [0.25, 0.3) is 0 Å². The molecule has 1 amide bonds. The van der Waals surface area contributed by atoms with E-state index in [1.807, 2.05) is 36.5 Å². The first-order valence-electron chi connectivity index (χ1n) is 9.64. The molecule has 2 aliphatic heterocycles. The third-order valence-electron chi connectivity index (χ3n) is 5.43. The van der Waals surface area contributed by atoms with E-state index in [0.717, 1.165) is 11.1 Å². The molecule has 0 unspecified atom stereocenters. The summed E-state index contributed by atoms with van der Waals surface area (Å²) in [7, 11) is 0. The summed E-state index contributed by atoms with van der Waals surface area (Å²) >= 11 is 13.8. The number of anilines is 1. The fraction of sp³-hybridized carbons (Fsp3) is 0.227. The molecular formula is C22H19ClN4OS2. The number of fused-ring (bicyclic) bond motifs is 1. The lowest BCUT2D eigenvalue weighted by molar-refractivity contribution is -0.119. The highest BCUT2D eigenvalue weighted by molar-refractivity contribution is 7.99. The van der Waals surface area contributed by atoms with Gasteiger partial charge in [-0.15, -0.1) is 11.8 Å². The first kappa shape index (κ1) is 19.6. The Labute approximate surface area is 189 Å². The van der Waals surface area contributed by atoms with Crippen LogP contribution >= 0.6 is 35.6 Å². The van der Waals surface area contributed by atoms with Gasteiger partial charge in [0.2, 0.25) is 0 Å². The molecule has 3 aromatic rings. The quantitative estimate of drug-likeness (QED) is 0.537. The van der Waals surface area contributed by atoms with E-state index in [-0.39, 0.29) is 17.3 Å². The van der Waals surface area contributed by atoms with Gasteiger partial charge in [-0.1, -0.05) is 59.6 Å². The van der Waals surface area contributed by atoms with Gasteiger partial charge in [0.05, 0.1) is 6.54 Å². The van der Waals surface area contributed by atoms with Crippen LogP contribution < -0.4 is 4.90 Å². The highest BCUT2D eigenvalue weighted by atomic mass is 35.5. The molecule has 0 spiro atoms. The van der Waals surface area contributed by atoms with Crippen LogP contribution in [0.3, 0.4) is 0 Å². The van der Waals surface area contributed by atoms with Crippen molar-refractivity contribution in [1.82, 2.24) is 14.7 Å². The van der Waals surface area contributed by atoms with Crippen LogP contribution in [0.1, 0.15) is 22.1 Å². The van der Waals surface area contributed by atoms with Crippen molar-refractivity contribution < 1.29 is 4.79 Å². The average molecular weight is 455 g/mol. The third-order valence-corrected chi connectivity index (χ3v) is 7.51. The number of aromatic nitrogens is 2. The number of rotatable bonds is 4. The summed E-state index contributed by atoms with van der Waals surface area (Å²) in [4.78, 5) is 16.8. The molecule has 2 fully saturated rings. The Morgan fingerprint density at radius 3 is 2.70 bits per heavy atom. The Balaban J connectivity index is 1.39. The van der Waals surface area contributed by atoms with Crippen molar-refractivity contribution in [3.8, 4) is 0 Å². The summed E-state index contributed by atoms with van der Waals surface area (Å²) < 4.78 is 1.78. The van der Waals surface area contributed by atoms with Gasteiger partial charge in [-0.2, -0.15) is 5.10 Å². The van der Waals surface area contributed by atoms with Gasteiger partial charge in [0.15, 0.2) is 10.9 Å². The monoisotopic (exact) mass is 454 g/mol. The molecule has 2 aliphatic rings. The minimum absolute atomic E-state index is 0.00916. The molecule has 0 radical (unpaired) electrons. The van der Waals surface area contributed by atoms with Crippen LogP contribution in [0.4, 0.5) is 5.82 Å². The van der Waals surface area contributed by atoms with E-state index < -0.39 is 0 Å². The number of carbonyl (C=O) groups is 1. The maximum atomic E-state index is 13.2. The molecule has 2 aromatic carbocycles. The first-order valence-corrected chi connectivity index (χ1v) is 11.5. The molecule has 2 saturated heterocycles. The molecule has 0 N–H and O–H groups in total. The second kappa shape index (κ2) is 7.72. The Morgan fingerprint density at radius 2 is 1.93 bits per heavy atom. The van der Waals surface area contributed by atoms with Crippen LogP contribution in [-0.4, -0.2) is 37.5 Å². The van der Waals surface area contributed by atoms with Gasteiger partial charge in [0.1, 0.15) is 11.4 Å². The number of benzene rings is 2. The van der Waals surface area contributed by atoms with Crippen LogP contribution in [0, 0.1) is 6.92 Å². The Hall–Kier alpha value is -2.35. The normalized spacial score (nSPS) is 20.9. The number of nitrogens with zero attached hydrogens (tertiary/aromatic N) is 4. The lowest BCUT2D eigenvalue weighted by Crippen LogP contribution is -2.34. The van der Waals surface area contributed by atoms with Gasteiger partial charge in [-0.3, -0.25) is 9.48 Å². The second-order valence-electron chi connectivity index (χ2n) is 7.44. The number of thioether (sulfide) groups is 1. The molecule has 5 nitrogen and oxygen atoms in total. The number of amides is 1. The maximum absolute atomic E-state index is 13.2. The summed E-state index contributed by atoms with van der Waals surface area (Å²) in [5.41, 5.74) is 3.35. The Kier molecular flexibility index (Phi) is 5.05. The predicted molar refractivity (Wildman–Crippen MR) is 125 cm³/mol. The predicted octanol–water partition coefficient (Wildman–Crippen LogP) is 4.64. The van der Waals surface area contributed by atoms with Crippen molar-refractivity contribution in [1.29, 1.82) is 0 Å². The Bertz CT molecular complexity index is 1130. The largest absolute Gasteiger partial charge is 0.319 e. The zero-order chi connectivity index (χ0) is 20.8. The van der Waals surface area contributed by atoms with Gasteiger partial charge in [0.25, 0.3) is 5.91 Å². The highest BCUT2D eigenvalue weighted by Gasteiger charge is 2.51. The molecule has 152 valence electrons. The van der Waals surface area contributed by atoms with Gasteiger partial charge in [-0.05, 0) is 36.3 Å². The standard InChI is InChI=1S/C22H19ClN4OS2/c1-14-6-8-15(9-7-14)21-26-18(13-30-21)20(28)27(22(26)29)19-10-11-25(24-19)12-16-4-2-3-5-17(16)23/h2-11,18,21H,12-13H2,1H3/t18-,21+/m0/s1. The maximum Gasteiger partial charge on any atom is 0.258 e. The summed E-state index contributed by atoms with van der Waals surface area (Å²) in [6.07, 6.45) is 1.85. The van der Waals surface area contributed by atoms with Gasteiger partial charge >= 0.3 is 0 Å². The smallest absolute Gasteiger partial charge is 0.258 e. The first-order chi connectivity index (χ1) is 14.5. The zero-order valence-corrected chi connectivity index (χ0v) is 18.6. The number of aryl methyl sites for hydroxylation is 1. The van der Waals surface area contributed by atoms with Gasteiger partial charge in [-0.25, -0.2) is 4.90 Å². The van der Waals surface area contributed by atoms with E-state index in [4.69, 9.17) is 23.8 Å². The molecule has 2 atom stereocenters. The summed E-state index contributed by atoms with van der Waals surface area (Å²) in [6.45, 7) is 2.60. The molecular weight excluding hydrogens is 436 g/mol. The van der Waals surface area contributed by atoms with E-state index in [2.05, 4.69) is 41.2 Å². The average Bonchev–Trinajstić information content (AvgIpc) is 3.42. The van der Waals surface area contributed by atoms with Crippen molar-refractivity contribution in [3.63, 3.8) is 0 Å². The van der Waals surface area contributed by atoms with E-state index in [1.54, 1.807) is 21.3 Å². The van der Waals surface area contributed by atoms with Crippen LogP contribution in [0.2, 0.25) is 5.02 Å². The van der Waals surface area contributed by atoms with E-state index in [0.29, 0.717) is 28.3 Å². The minimum Gasteiger partial charge on any atom is -0.319 e. The summed E-state index contributed by atoms with van der Waals surface area (Å²) in [5, 5.41) is 5.86. The van der Waals surface area contributed by atoms with Crippen molar-refractivity contribution >= 4 is 52.4 Å². The molecule has 8 heteroatoms. The molecule has 3 heterocycles. The minimum atomic E-state index is -0.248. The number of hydrogen-bond donors (Lipinski definition) is 0. The Morgan fingerprint density at radius 1 is 1.17 bits per heavy atom. The SMILES string of the molecule is Cc1ccc([C@H]2SC[C@H]3C(=O)N(c4ccn(Cc5ccccc5Cl)n4)C(=S)N23)cc1. The fourth-order valence-corrected chi connectivity index (χ4v) is 5.95. The van der Waals surface area contributed by atoms with Crippen molar-refractivity contribution in [2.24, 2.45) is 0 Å². The van der Waals surface area contributed by atoms with Gasteiger partial charge in [0, 0.05) is 23.0 Å². The molecule has 0 aliphatic carbocycles. The van der Waals surface area contributed by atoms with Crippen LogP contribution in [0.5, 0.6) is 0 Å². The van der Waals surface area contributed by atoms with Crippen LogP contribution in [0.15, 0.2) is 60.8 Å². The summed E-state index contributed by atoms with van der Waals surface area (Å²) in [5.74, 6) is 1.26. The van der Waals surface area contributed by atoms with Gasteiger partial charge < -0.3 is 4.90 Å². The number of hydrogen-bond acceptors (Lipinski definition) is 4. The summed E-state index contributed by atoms with van der Waals surface area (Å²) in [6, 6.07) is 17.7. The van der Waals surface area contributed by atoms with Crippen molar-refractivity contribution in [3.05, 3.63) is 82.5 Å². The highest BCUT2D eigenvalue weighted by Crippen LogP contribution is 2.46. The second-order valence-corrected chi connectivity index (χ2v) is 9.32. The van der Waals surface area contributed by atoms with E-state index >= 15 is 0 Å². The fourth-order valence-electron chi connectivity index (χ4n) is 3.85. The lowest BCUT2D eigenvalue weighted by Gasteiger charge is -2.25. The number of halogens is 1. The molecule has 0 bridgehead atoms. The number of thiocarbonyl (C=S) groups is 1. The molecule has 0 saturated carbocycles. The molecule has 5 rings (SSSR count). The van der Waals surface area contributed by atoms with Crippen molar-refractivity contribution in [2.75, 3.05) is 10.7 Å². The van der Waals surface area contributed by atoms with Crippen LogP contribution in [-0.2, 0) is 11.3 Å². The third kappa shape index (κ3) is 3.31. The molecule has 1 aromatic heterocycles. The topological polar surface area (TPSA) is 41.4 Å². The van der Waals surface area contributed by atoms with E-state index in [1.165, 1.54) is 5.56 Å². The number of carbonyl (C=O) groups excluding carboxylic acids is 1. The lowest BCUT2D eigenvalue weighted by atomic mass is 10.1.